The zero-order valence-corrected chi connectivity index (χ0v) is 11.3. The Morgan fingerprint density at radius 3 is 2.19 bits per heavy atom. The molecule has 0 radical (unpaired) electrons. The standard InChI is InChI=1S/C5H11NO3S.C5H12O/c1-3-5-4-9-10(7,8)6(5)2;1-3-5(2)4-6/h5H,3-4H2,1-2H3;5-6H,3-4H2,1-2H3. The minimum Gasteiger partial charge on any atom is -0.396 e. The van der Waals surface area contributed by atoms with Gasteiger partial charge in [0.1, 0.15) is 0 Å². The van der Waals surface area contributed by atoms with Crippen LogP contribution in [-0.2, 0) is 14.5 Å². The molecule has 0 aliphatic carbocycles. The van der Waals surface area contributed by atoms with Crippen molar-refractivity contribution in [2.45, 2.75) is 39.7 Å². The zero-order valence-electron chi connectivity index (χ0n) is 10.5. The van der Waals surface area contributed by atoms with Gasteiger partial charge in [-0.15, -0.1) is 0 Å². The molecule has 1 saturated heterocycles. The summed E-state index contributed by atoms with van der Waals surface area (Å²) in [5, 5.41) is 8.33. The summed E-state index contributed by atoms with van der Waals surface area (Å²) >= 11 is 0. The highest BCUT2D eigenvalue weighted by atomic mass is 32.2. The average molecular weight is 253 g/mol. The van der Waals surface area contributed by atoms with Crippen molar-refractivity contribution < 1.29 is 17.7 Å². The van der Waals surface area contributed by atoms with Gasteiger partial charge in [-0.25, -0.2) is 0 Å². The first-order valence-corrected chi connectivity index (χ1v) is 6.98. The van der Waals surface area contributed by atoms with Crippen LogP contribution in [0.15, 0.2) is 0 Å². The largest absolute Gasteiger partial charge is 0.396 e. The van der Waals surface area contributed by atoms with E-state index in [9.17, 15) is 8.42 Å². The van der Waals surface area contributed by atoms with Crippen molar-refractivity contribution in [3.63, 3.8) is 0 Å². The first-order chi connectivity index (χ1) is 7.38. The Hall–Kier alpha value is -0.170. The van der Waals surface area contributed by atoms with Gasteiger partial charge in [0.2, 0.25) is 0 Å². The van der Waals surface area contributed by atoms with E-state index in [1.54, 1.807) is 0 Å². The summed E-state index contributed by atoms with van der Waals surface area (Å²) in [5.74, 6) is 0.491. The number of rotatable bonds is 3. The molecule has 0 bridgehead atoms. The fourth-order valence-electron chi connectivity index (χ4n) is 1.04. The Morgan fingerprint density at radius 1 is 1.50 bits per heavy atom. The van der Waals surface area contributed by atoms with Crippen molar-refractivity contribution in [1.29, 1.82) is 0 Å². The van der Waals surface area contributed by atoms with Crippen LogP contribution in [0.25, 0.3) is 0 Å². The smallest absolute Gasteiger partial charge is 0.338 e. The first kappa shape index (κ1) is 15.8. The van der Waals surface area contributed by atoms with Crippen LogP contribution in [0.5, 0.6) is 0 Å². The molecule has 1 heterocycles. The summed E-state index contributed by atoms with van der Waals surface area (Å²) in [5.41, 5.74) is 0. The van der Waals surface area contributed by atoms with Gasteiger partial charge >= 0.3 is 10.3 Å². The maximum atomic E-state index is 10.8. The number of nitrogens with zero attached hydrogens (tertiary/aromatic N) is 1. The van der Waals surface area contributed by atoms with E-state index in [1.165, 1.54) is 11.4 Å². The van der Waals surface area contributed by atoms with Crippen LogP contribution in [0.3, 0.4) is 0 Å². The van der Waals surface area contributed by atoms with Crippen LogP contribution in [0.4, 0.5) is 0 Å². The molecule has 2 atom stereocenters. The molecule has 0 aromatic rings. The molecule has 16 heavy (non-hydrogen) atoms. The molecule has 1 aliphatic rings. The average Bonchev–Trinajstić information content (AvgIpc) is 2.54. The Labute approximate surface area is 98.7 Å². The molecule has 1 aliphatic heterocycles. The summed E-state index contributed by atoms with van der Waals surface area (Å²) in [6.45, 7) is 6.66. The monoisotopic (exact) mass is 253 g/mol. The summed E-state index contributed by atoms with van der Waals surface area (Å²) in [6.07, 6.45) is 1.88. The molecule has 98 valence electrons. The maximum absolute atomic E-state index is 10.8. The molecular weight excluding hydrogens is 230 g/mol. The molecule has 6 heteroatoms. The second-order valence-corrected chi connectivity index (χ2v) is 5.68. The molecule has 1 fully saturated rings. The van der Waals surface area contributed by atoms with Gasteiger partial charge in [0.05, 0.1) is 12.6 Å². The van der Waals surface area contributed by atoms with Gasteiger partial charge in [0.15, 0.2) is 0 Å². The summed E-state index contributed by atoms with van der Waals surface area (Å²) < 4.78 is 27.5. The number of hydrogen-bond donors (Lipinski definition) is 1. The van der Waals surface area contributed by atoms with Crippen molar-refractivity contribution in [2.24, 2.45) is 5.92 Å². The fraction of sp³-hybridized carbons (Fsp3) is 1.00. The Morgan fingerprint density at radius 2 is 2.06 bits per heavy atom. The predicted molar refractivity (Wildman–Crippen MR) is 63.3 cm³/mol. The molecule has 1 rings (SSSR count). The van der Waals surface area contributed by atoms with Gasteiger partial charge in [-0.05, 0) is 12.3 Å². The molecule has 0 amide bonds. The Bertz CT molecular complexity index is 275. The van der Waals surface area contributed by atoms with E-state index in [1.807, 2.05) is 13.8 Å². The predicted octanol–water partition coefficient (Wildman–Crippen LogP) is 0.997. The molecule has 1 N–H and O–H groups in total. The van der Waals surface area contributed by atoms with Gasteiger partial charge in [0, 0.05) is 13.7 Å². The molecular formula is C10H23NO4S. The van der Waals surface area contributed by atoms with Crippen molar-refractivity contribution in [3.05, 3.63) is 0 Å². The van der Waals surface area contributed by atoms with E-state index < -0.39 is 10.3 Å². The molecule has 0 saturated carbocycles. The lowest BCUT2D eigenvalue weighted by atomic mass is 10.1. The lowest BCUT2D eigenvalue weighted by molar-refractivity contribution is 0.234. The first-order valence-electron chi connectivity index (χ1n) is 5.62. The third-order valence-corrected chi connectivity index (χ3v) is 4.19. The normalized spacial score (nSPS) is 25.9. The van der Waals surface area contributed by atoms with Crippen molar-refractivity contribution >= 4 is 10.3 Å². The maximum Gasteiger partial charge on any atom is 0.338 e. The number of hydrogen-bond acceptors (Lipinski definition) is 4. The second-order valence-electron chi connectivity index (χ2n) is 4.02. The zero-order chi connectivity index (χ0) is 12.8. The van der Waals surface area contributed by atoms with Crippen molar-refractivity contribution in [3.8, 4) is 0 Å². The van der Waals surface area contributed by atoms with Crippen LogP contribution in [-0.4, -0.2) is 44.1 Å². The van der Waals surface area contributed by atoms with Crippen LogP contribution in [0.1, 0.15) is 33.6 Å². The van der Waals surface area contributed by atoms with Gasteiger partial charge in [-0.2, -0.15) is 12.7 Å². The third kappa shape index (κ3) is 4.78. The van der Waals surface area contributed by atoms with E-state index >= 15 is 0 Å². The van der Waals surface area contributed by atoms with Crippen molar-refractivity contribution in [2.75, 3.05) is 20.3 Å². The van der Waals surface area contributed by atoms with Crippen LogP contribution < -0.4 is 0 Å². The quantitative estimate of drug-likeness (QED) is 0.814. The number of aliphatic hydroxyl groups excluding tert-OH is 1. The summed E-state index contributed by atoms with van der Waals surface area (Å²) in [4.78, 5) is 0. The van der Waals surface area contributed by atoms with E-state index in [2.05, 4.69) is 11.1 Å². The molecule has 2 unspecified atom stereocenters. The van der Waals surface area contributed by atoms with E-state index in [4.69, 9.17) is 5.11 Å². The van der Waals surface area contributed by atoms with Crippen LogP contribution in [0, 0.1) is 5.92 Å². The molecule has 5 nitrogen and oxygen atoms in total. The highest BCUT2D eigenvalue weighted by molar-refractivity contribution is 7.84. The lowest BCUT2D eigenvalue weighted by Gasteiger charge is -2.11. The van der Waals surface area contributed by atoms with E-state index in [0.717, 1.165) is 12.8 Å². The minimum absolute atomic E-state index is 0.0324. The number of aliphatic hydroxyl groups is 1. The fourth-order valence-corrected chi connectivity index (χ4v) is 2.11. The summed E-state index contributed by atoms with van der Waals surface area (Å²) in [6, 6.07) is 0.0324. The Kier molecular flexibility index (Phi) is 7.14. The van der Waals surface area contributed by atoms with Gasteiger partial charge in [0.25, 0.3) is 0 Å². The lowest BCUT2D eigenvalue weighted by Crippen LogP contribution is -2.28. The third-order valence-electron chi connectivity index (χ3n) is 2.76. The van der Waals surface area contributed by atoms with E-state index in [-0.39, 0.29) is 6.04 Å². The topological polar surface area (TPSA) is 66.8 Å². The van der Waals surface area contributed by atoms with Gasteiger partial charge < -0.3 is 5.11 Å². The van der Waals surface area contributed by atoms with Gasteiger partial charge in [-0.3, -0.25) is 4.18 Å². The van der Waals surface area contributed by atoms with E-state index in [0.29, 0.717) is 19.1 Å². The van der Waals surface area contributed by atoms with Crippen LogP contribution in [0.2, 0.25) is 0 Å². The molecule has 0 aromatic carbocycles. The Balaban J connectivity index is 0.000000325. The minimum atomic E-state index is -3.35. The SMILES string of the molecule is CCC(C)CO.CCC1COS(=O)(=O)N1C. The highest BCUT2D eigenvalue weighted by Crippen LogP contribution is 2.17. The van der Waals surface area contributed by atoms with Gasteiger partial charge in [-0.1, -0.05) is 27.2 Å². The molecule has 0 spiro atoms. The van der Waals surface area contributed by atoms with Crippen LogP contribution >= 0.6 is 0 Å². The second kappa shape index (κ2) is 7.21. The molecule has 0 aromatic heterocycles. The number of likely N-dealkylation sites (N-methyl/N-ethyl adjacent to an activating group) is 1. The van der Waals surface area contributed by atoms with Crippen molar-refractivity contribution in [1.82, 2.24) is 4.31 Å². The highest BCUT2D eigenvalue weighted by Gasteiger charge is 2.33. The summed E-state index contributed by atoms with van der Waals surface area (Å²) in [7, 11) is -1.81.